The molecule has 4 bridgehead atoms. The molecule has 4 aliphatic carbocycles. The molecule has 0 aromatic heterocycles. The van der Waals surface area contributed by atoms with Crippen LogP contribution >= 0.6 is 12.6 Å². The van der Waals surface area contributed by atoms with E-state index in [2.05, 4.69) is 17.9 Å². The summed E-state index contributed by atoms with van der Waals surface area (Å²) >= 11 is 3.80. The molecule has 2 nitrogen and oxygen atoms in total. The zero-order chi connectivity index (χ0) is 9.71. The van der Waals surface area contributed by atoms with Crippen molar-refractivity contribution in [1.29, 1.82) is 0 Å². The lowest BCUT2D eigenvalue weighted by Gasteiger charge is -2.47. The van der Waals surface area contributed by atoms with Crippen LogP contribution in [0.4, 0.5) is 4.79 Å². The van der Waals surface area contributed by atoms with Crippen molar-refractivity contribution in [1.82, 2.24) is 5.32 Å². The summed E-state index contributed by atoms with van der Waals surface area (Å²) in [7, 11) is 0. The lowest BCUT2D eigenvalue weighted by molar-refractivity contribution is 0.152. The lowest BCUT2D eigenvalue weighted by Crippen LogP contribution is -2.40. The van der Waals surface area contributed by atoms with Crippen LogP contribution in [-0.4, -0.2) is 5.24 Å². The Balaban J connectivity index is 1.92. The van der Waals surface area contributed by atoms with Crippen molar-refractivity contribution in [2.75, 3.05) is 0 Å². The molecule has 0 aliphatic heterocycles. The number of allylic oxidation sites excluding steroid dienone is 2. The predicted molar refractivity (Wildman–Crippen MR) is 58.1 cm³/mol. The summed E-state index contributed by atoms with van der Waals surface area (Å²) < 4.78 is 0. The normalized spacial score (nSPS) is 39.1. The minimum absolute atomic E-state index is 0.194. The second-order valence-corrected chi connectivity index (χ2v) is 5.40. The standard InChI is InChI=1S/C11H15NOS/c13-11(14)12-10-8-2-6-1-7(4-8)5-9(10)3-6/h6-8H,1-5H2,(H2,12,13,14). The number of hydrogen-bond donors (Lipinski definition) is 2. The number of hydrogen-bond acceptors (Lipinski definition) is 1. The van der Waals surface area contributed by atoms with Crippen molar-refractivity contribution < 1.29 is 4.79 Å². The van der Waals surface area contributed by atoms with Crippen molar-refractivity contribution in [2.24, 2.45) is 17.8 Å². The quantitative estimate of drug-likeness (QED) is 0.639. The number of carbonyl (C=O) groups excluding carboxylic acids is 1. The van der Waals surface area contributed by atoms with E-state index in [4.69, 9.17) is 0 Å². The van der Waals surface area contributed by atoms with Gasteiger partial charge in [0.25, 0.3) is 5.24 Å². The summed E-state index contributed by atoms with van der Waals surface area (Å²) in [5, 5.41) is 2.74. The van der Waals surface area contributed by atoms with E-state index < -0.39 is 0 Å². The van der Waals surface area contributed by atoms with Gasteiger partial charge in [-0.3, -0.25) is 4.79 Å². The van der Waals surface area contributed by atoms with Gasteiger partial charge in [0, 0.05) is 5.70 Å². The van der Waals surface area contributed by atoms with E-state index in [1.165, 1.54) is 43.4 Å². The van der Waals surface area contributed by atoms with Crippen LogP contribution in [0.5, 0.6) is 0 Å². The smallest absolute Gasteiger partial charge is 0.280 e. The van der Waals surface area contributed by atoms with Gasteiger partial charge in [-0.25, -0.2) is 0 Å². The Morgan fingerprint density at radius 2 is 1.86 bits per heavy atom. The summed E-state index contributed by atoms with van der Waals surface area (Å²) in [6.45, 7) is 0. The molecule has 0 aromatic rings. The van der Waals surface area contributed by atoms with Crippen LogP contribution < -0.4 is 5.32 Å². The first-order valence-corrected chi connectivity index (χ1v) is 5.89. The SMILES string of the molecule is O=C(S)NC1=C2CC3CC(C2)CC1C3. The maximum atomic E-state index is 11.0. The van der Waals surface area contributed by atoms with Crippen molar-refractivity contribution in [3.8, 4) is 0 Å². The average molecular weight is 209 g/mol. The molecule has 0 radical (unpaired) electrons. The maximum absolute atomic E-state index is 11.0. The van der Waals surface area contributed by atoms with E-state index in [-0.39, 0.29) is 5.24 Å². The highest BCUT2D eigenvalue weighted by Crippen LogP contribution is 2.52. The van der Waals surface area contributed by atoms with E-state index in [0.717, 1.165) is 11.8 Å². The number of thiol groups is 1. The van der Waals surface area contributed by atoms with Gasteiger partial charge in [0.1, 0.15) is 0 Å². The van der Waals surface area contributed by atoms with E-state index in [1.54, 1.807) is 0 Å². The highest BCUT2D eigenvalue weighted by atomic mass is 32.1. The second kappa shape index (κ2) is 3.02. The van der Waals surface area contributed by atoms with Crippen LogP contribution in [0.25, 0.3) is 0 Å². The Morgan fingerprint density at radius 3 is 2.36 bits per heavy atom. The zero-order valence-electron chi connectivity index (χ0n) is 8.12. The minimum atomic E-state index is -0.194. The summed E-state index contributed by atoms with van der Waals surface area (Å²) in [5.41, 5.74) is 2.76. The molecule has 4 rings (SSSR count). The first-order chi connectivity index (χ1) is 6.72. The maximum Gasteiger partial charge on any atom is 0.280 e. The lowest BCUT2D eigenvalue weighted by atomic mass is 9.60. The van der Waals surface area contributed by atoms with Gasteiger partial charge in [0.2, 0.25) is 0 Å². The summed E-state index contributed by atoms with van der Waals surface area (Å²) in [6, 6.07) is 0. The Bertz CT molecular complexity index is 307. The molecule has 2 atom stereocenters. The fourth-order valence-electron chi connectivity index (χ4n) is 3.73. The van der Waals surface area contributed by atoms with Crippen LogP contribution in [-0.2, 0) is 0 Å². The van der Waals surface area contributed by atoms with Crippen LogP contribution in [0.2, 0.25) is 0 Å². The largest absolute Gasteiger partial charge is 0.321 e. The molecule has 3 heteroatoms. The Labute approximate surface area is 89.5 Å². The fourth-order valence-corrected chi connectivity index (χ4v) is 3.85. The summed E-state index contributed by atoms with van der Waals surface area (Å²) in [5.74, 6) is 2.48. The molecule has 0 heterocycles. The molecular weight excluding hydrogens is 194 g/mol. The zero-order valence-corrected chi connectivity index (χ0v) is 9.02. The van der Waals surface area contributed by atoms with Crippen molar-refractivity contribution in [2.45, 2.75) is 32.1 Å². The van der Waals surface area contributed by atoms with Crippen molar-refractivity contribution >= 4 is 17.9 Å². The molecule has 76 valence electrons. The molecule has 2 unspecified atom stereocenters. The first-order valence-electron chi connectivity index (χ1n) is 5.44. The van der Waals surface area contributed by atoms with Crippen molar-refractivity contribution in [3.05, 3.63) is 11.3 Å². The third-order valence-electron chi connectivity index (χ3n) is 4.00. The van der Waals surface area contributed by atoms with Gasteiger partial charge in [-0.1, -0.05) is 12.6 Å². The third kappa shape index (κ3) is 1.29. The molecule has 2 saturated carbocycles. The fraction of sp³-hybridized carbons (Fsp3) is 0.727. The molecule has 0 spiro atoms. The summed E-state index contributed by atoms with van der Waals surface area (Å²) in [4.78, 5) is 11.0. The first kappa shape index (κ1) is 8.84. The molecule has 1 N–H and O–H groups in total. The third-order valence-corrected chi connectivity index (χ3v) is 4.12. The van der Waals surface area contributed by atoms with Gasteiger partial charge < -0.3 is 5.32 Å². The predicted octanol–water partition coefficient (Wildman–Crippen LogP) is 2.72. The van der Waals surface area contributed by atoms with E-state index in [0.29, 0.717) is 5.92 Å². The average Bonchev–Trinajstić information content (AvgIpc) is 2.09. The molecule has 1 amide bonds. The monoisotopic (exact) mass is 209 g/mol. The second-order valence-electron chi connectivity index (χ2n) is 4.99. The Morgan fingerprint density at radius 1 is 1.21 bits per heavy atom. The van der Waals surface area contributed by atoms with Gasteiger partial charge in [0.05, 0.1) is 0 Å². The Hall–Kier alpha value is -0.440. The number of amides is 1. The van der Waals surface area contributed by atoms with E-state index >= 15 is 0 Å². The van der Waals surface area contributed by atoms with Gasteiger partial charge in [-0.2, -0.15) is 0 Å². The topological polar surface area (TPSA) is 29.1 Å². The van der Waals surface area contributed by atoms with Crippen molar-refractivity contribution in [3.63, 3.8) is 0 Å². The van der Waals surface area contributed by atoms with Crippen LogP contribution in [0.1, 0.15) is 32.1 Å². The van der Waals surface area contributed by atoms with E-state index in [1.807, 2.05) is 0 Å². The number of rotatable bonds is 1. The van der Waals surface area contributed by atoms with Gasteiger partial charge in [0.15, 0.2) is 0 Å². The molecule has 4 aliphatic rings. The van der Waals surface area contributed by atoms with Gasteiger partial charge >= 0.3 is 0 Å². The van der Waals surface area contributed by atoms with Crippen LogP contribution in [0.3, 0.4) is 0 Å². The molecule has 0 saturated heterocycles. The minimum Gasteiger partial charge on any atom is -0.321 e. The van der Waals surface area contributed by atoms with Gasteiger partial charge in [-0.05, 0) is 55.4 Å². The van der Waals surface area contributed by atoms with Gasteiger partial charge in [-0.15, -0.1) is 0 Å². The molecule has 2 fully saturated rings. The highest BCUT2D eigenvalue weighted by molar-refractivity contribution is 7.96. The number of nitrogens with one attached hydrogen (secondary N) is 1. The van der Waals surface area contributed by atoms with Crippen LogP contribution in [0.15, 0.2) is 11.3 Å². The molecule has 14 heavy (non-hydrogen) atoms. The summed E-state index contributed by atoms with van der Waals surface area (Å²) in [6.07, 6.45) is 6.49. The van der Waals surface area contributed by atoms with Crippen LogP contribution in [0, 0.1) is 17.8 Å². The van der Waals surface area contributed by atoms with E-state index in [9.17, 15) is 4.79 Å². The highest BCUT2D eigenvalue weighted by Gasteiger charge is 2.41. The Kier molecular flexibility index (Phi) is 1.91. The molecule has 0 aromatic carbocycles. The number of carbonyl (C=O) groups is 1. The molecular formula is C11H15NOS.